The lowest BCUT2D eigenvalue weighted by Gasteiger charge is -2.14. The molecule has 19 heavy (non-hydrogen) atoms. The lowest BCUT2D eigenvalue weighted by atomic mass is 9.99. The van der Waals surface area contributed by atoms with Crippen molar-refractivity contribution in [3.63, 3.8) is 0 Å². The van der Waals surface area contributed by atoms with E-state index in [0.717, 1.165) is 30.6 Å². The summed E-state index contributed by atoms with van der Waals surface area (Å²) in [7, 11) is 3.98. The number of pyridine rings is 1. The number of carbonyl (C=O) groups excluding carboxylic acids is 1. The molecule has 4 nitrogen and oxygen atoms in total. The molecule has 0 spiro atoms. The quantitative estimate of drug-likeness (QED) is 0.853. The standard InChI is InChI=1S/C15H25N3O/c1-6-7-13-11(2)14(10-17-12(13)3)15(19)16-8-9-18(4)5/h10H,6-9H2,1-5H3,(H,16,19). The van der Waals surface area contributed by atoms with Gasteiger partial charge in [0.15, 0.2) is 0 Å². The molecule has 0 bridgehead atoms. The molecule has 0 aromatic carbocycles. The normalized spacial score (nSPS) is 10.8. The van der Waals surface area contributed by atoms with Crippen LogP contribution in [0.3, 0.4) is 0 Å². The van der Waals surface area contributed by atoms with Gasteiger partial charge in [-0.2, -0.15) is 0 Å². The van der Waals surface area contributed by atoms with Crippen molar-refractivity contribution in [2.45, 2.75) is 33.6 Å². The minimum absolute atomic E-state index is 0.0239. The lowest BCUT2D eigenvalue weighted by molar-refractivity contribution is 0.0950. The van der Waals surface area contributed by atoms with Crippen LogP contribution < -0.4 is 5.32 Å². The summed E-state index contributed by atoms with van der Waals surface area (Å²) in [4.78, 5) is 18.5. The SMILES string of the molecule is CCCc1c(C)ncc(C(=O)NCCN(C)C)c1C. The summed E-state index contributed by atoms with van der Waals surface area (Å²) in [6, 6.07) is 0. The Morgan fingerprint density at radius 3 is 2.63 bits per heavy atom. The monoisotopic (exact) mass is 263 g/mol. The first-order chi connectivity index (χ1) is 8.97. The number of rotatable bonds is 6. The van der Waals surface area contributed by atoms with Crippen molar-refractivity contribution in [2.24, 2.45) is 0 Å². The zero-order chi connectivity index (χ0) is 14.4. The Balaban J connectivity index is 2.83. The topological polar surface area (TPSA) is 45.2 Å². The second-order valence-corrected chi connectivity index (χ2v) is 5.17. The Labute approximate surface area is 116 Å². The molecule has 0 radical (unpaired) electrons. The van der Waals surface area contributed by atoms with E-state index in [1.807, 2.05) is 32.8 Å². The molecular formula is C15H25N3O. The highest BCUT2D eigenvalue weighted by Gasteiger charge is 2.13. The van der Waals surface area contributed by atoms with E-state index in [1.54, 1.807) is 6.20 Å². The first-order valence-corrected chi connectivity index (χ1v) is 6.85. The summed E-state index contributed by atoms with van der Waals surface area (Å²) >= 11 is 0. The summed E-state index contributed by atoms with van der Waals surface area (Å²) < 4.78 is 0. The molecule has 0 fully saturated rings. The summed E-state index contributed by atoms with van der Waals surface area (Å²) in [5, 5.41) is 2.94. The number of hydrogen-bond acceptors (Lipinski definition) is 3. The molecule has 1 aromatic heterocycles. The van der Waals surface area contributed by atoms with Crippen molar-refractivity contribution in [2.75, 3.05) is 27.2 Å². The van der Waals surface area contributed by atoms with Crippen LogP contribution in [0.2, 0.25) is 0 Å². The molecule has 1 heterocycles. The van der Waals surface area contributed by atoms with Crippen molar-refractivity contribution >= 4 is 5.91 Å². The molecule has 4 heteroatoms. The van der Waals surface area contributed by atoms with Crippen LogP contribution in [0.5, 0.6) is 0 Å². The van der Waals surface area contributed by atoms with E-state index in [4.69, 9.17) is 0 Å². The van der Waals surface area contributed by atoms with Gasteiger partial charge in [-0.25, -0.2) is 0 Å². The lowest BCUT2D eigenvalue weighted by Crippen LogP contribution is -2.32. The van der Waals surface area contributed by atoms with Crippen molar-refractivity contribution < 1.29 is 4.79 Å². The average Bonchev–Trinajstić information content (AvgIpc) is 2.33. The molecule has 0 atom stereocenters. The van der Waals surface area contributed by atoms with Gasteiger partial charge in [-0.05, 0) is 45.5 Å². The largest absolute Gasteiger partial charge is 0.351 e. The van der Waals surface area contributed by atoms with Crippen LogP contribution in [0, 0.1) is 13.8 Å². The Morgan fingerprint density at radius 2 is 2.05 bits per heavy atom. The maximum absolute atomic E-state index is 12.1. The third-order valence-electron chi connectivity index (χ3n) is 3.27. The molecule has 1 aromatic rings. The first kappa shape index (κ1) is 15.6. The Morgan fingerprint density at radius 1 is 1.37 bits per heavy atom. The summed E-state index contributed by atoms with van der Waals surface area (Å²) in [6.07, 6.45) is 3.73. The highest BCUT2D eigenvalue weighted by atomic mass is 16.1. The molecule has 0 unspecified atom stereocenters. The maximum atomic E-state index is 12.1. The van der Waals surface area contributed by atoms with E-state index >= 15 is 0 Å². The van der Waals surface area contributed by atoms with E-state index in [-0.39, 0.29) is 5.91 Å². The van der Waals surface area contributed by atoms with Gasteiger partial charge in [0, 0.05) is 25.0 Å². The second-order valence-electron chi connectivity index (χ2n) is 5.17. The Hall–Kier alpha value is -1.42. The highest BCUT2D eigenvalue weighted by molar-refractivity contribution is 5.95. The number of nitrogens with one attached hydrogen (secondary N) is 1. The van der Waals surface area contributed by atoms with Gasteiger partial charge in [-0.15, -0.1) is 0 Å². The van der Waals surface area contributed by atoms with Gasteiger partial charge in [-0.1, -0.05) is 13.3 Å². The average molecular weight is 263 g/mol. The van der Waals surface area contributed by atoms with E-state index in [2.05, 4.69) is 17.2 Å². The van der Waals surface area contributed by atoms with Crippen LogP contribution in [0.15, 0.2) is 6.20 Å². The molecule has 1 amide bonds. The fourth-order valence-corrected chi connectivity index (χ4v) is 2.11. The van der Waals surface area contributed by atoms with Crippen LogP contribution in [0.25, 0.3) is 0 Å². The van der Waals surface area contributed by atoms with Gasteiger partial charge in [0.25, 0.3) is 5.91 Å². The minimum atomic E-state index is -0.0239. The Kier molecular flexibility index (Phi) is 5.96. The fourth-order valence-electron chi connectivity index (χ4n) is 2.11. The number of aryl methyl sites for hydroxylation is 1. The van der Waals surface area contributed by atoms with Gasteiger partial charge in [-0.3, -0.25) is 9.78 Å². The van der Waals surface area contributed by atoms with Crippen LogP contribution in [-0.4, -0.2) is 43.0 Å². The van der Waals surface area contributed by atoms with Crippen LogP contribution in [-0.2, 0) is 6.42 Å². The van der Waals surface area contributed by atoms with Gasteiger partial charge >= 0.3 is 0 Å². The number of aromatic nitrogens is 1. The van der Waals surface area contributed by atoms with Gasteiger partial charge in [0.2, 0.25) is 0 Å². The molecular weight excluding hydrogens is 238 g/mol. The zero-order valence-corrected chi connectivity index (χ0v) is 12.7. The van der Waals surface area contributed by atoms with Gasteiger partial charge < -0.3 is 10.2 Å². The van der Waals surface area contributed by atoms with Crippen LogP contribution in [0.1, 0.15) is 40.5 Å². The van der Waals surface area contributed by atoms with Crippen molar-refractivity contribution in [3.05, 3.63) is 28.6 Å². The molecule has 0 saturated carbocycles. The van der Waals surface area contributed by atoms with E-state index in [9.17, 15) is 4.79 Å². The number of nitrogens with zero attached hydrogens (tertiary/aromatic N) is 2. The van der Waals surface area contributed by atoms with Crippen LogP contribution >= 0.6 is 0 Å². The number of likely N-dealkylation sites (N-methyl/N-ethyl adjacent to an activating group) is 1. The first-order valence-electron chi connectivity index (χ1n) is 6.85. The number of amides is 1. The van der Waals surface area contributed by atoms with Crippen molar-refractivity contribution in [1.82, 2.24) is 15.2 Å². The molecule has 1 N–H and O–H groups in total. The van der Waals surface area contributed by atoms with Crippen molar-refractivity contribution in [1.29, 1.82) is 0 Å². The molecule has 0 aliphatic rings. The molecule has 106 valence electrons. The maximum Gasteiger partial charge on any atom is 0.253 e. The third kappa shape index (κ3) is 4.31. The summed E-state index contributed by atoms with van der Waals surface area (Å²) in [5.74, 6) is -0.0239. The van der Waals surface area contributed by atoms with E-state index < -0.39 is 0 Å². The molecule has 1 rings (SSSR count). The Bertz CT molecular complexity index is 441. The smallest absolute Gasteiger partial charge is 0.253 e. The van der Waals surface area contributed by atoms with Crippen LogP contribution in [0.4, 0.5) is 0 Å². The van der Waals surface area contributed by atoms with Gasteiger partial charge in [0.05, 0.1) is 5.56 Å². The summed E-state index contributed by atoms with van der Waals surface area (Å²) in [6.45, 7) is 7.66. The zero-order valence-electron chi connectivity index (χ0n) is 12.7. The fraction of sp³-hybridized carbons (Fsp3) is 0.600. The number of hydrogen-bond donors (Lipinski definition) is 1. The molecule has 0 aliphatic carbocycles. The predicted octanol–water partition coefficient (Wildman–Crippen LogP) is 1.94. The van der Waals surface area contributed by atoms with Gasteiger partial charge in [0.1, 0.15) is 0 Å². The third-order valence-corrected chi connectivity index (χ3v) is 3.27. The molecule has 0 aliphatic heterocycles. The minimum Gasteiger partial charge on any atom is -0.351 e. The molecule has 0 saturated heterocycles. The predicted molar refractivity (Wildman–Crippen MR) is 78.6 cm³/mol. The van der Waals surface area contributed by atoms with E-state index in [0.29, 0.717) is 12.1 Å². The van der Waals surface area contributed by atoms with Crippen molar-refractivity contribution in [3.8, 4) is 0 Å². The number of carbonyl (C=O) groups is 1. The van der Waals surface area contributed by atoms with E-state index in [1.165, 1.54) is 5.56 Å². The second kappa shape index (κ2) is 7.24. The highest BCUT2D eigenvalue weighted by Crippen LogP contribution is 2.17. The summed E-state index contributed by atoms with van der Waals surface area (Å²) in [5.41, 5.74) is 4.01.